The van der Waals surface area contributed by atoms with Crippen LogP contribution in [0.15, 0.2) is 54.7 Å². The van der Waals surface area contributed by atoms with Gasteiger partial charge in [-0.1, -0.05) is 19.9 Å². The fourth-order valence-corrected chi connectivity index (χ4v) is 7.21. The summed E-state index contributed by atoms with van der Waals surface area (Å²) in [5, 5.41) is 4.61. The number of halogens is 1. The molecule has 0 spiro atoms. The standard InChI is InChI=1S/C29H34FN4O2P/c1-5-37(35,6-2)28-24(30)8-7-9-25(28)32-27-19(3)17-31-29-23(27)16-26(33-29)20-10-12-21(13-11-20)36-22-14-15-34(4)18-22/h7-13,16-17,22H,5-6,14-15,18H2,1-4H3,(H2,31,32,33). The van der Waals surface area contributed by atoms with Crippen molar-refractivity contribution in [3.8, 4) is 17.0 Å². The van der Waals surface area contributed by atoms with Gasteiger partial charge in [0.1, 0.15) is 30.5 Å². The topological polar surface area (TPSA) is 70.2 Å². The second-order valence-corrected chi connectivity index (χ2v) is 13.4. The fraction of sp³-hybridized carbons (Fsp3) is 0.345. The van der Waals surface area contributed by atoms with Crippen LogP contribution in [0.4, 0.5) is 15.8 Å². The lowest BCUT2D eigenvalue weighted by Gasteiger charge is -2.21. The van der Waals surface area contributed by atoms with E-state index in [9.17, 15) is 8.96 Å². The molecule has 194 valence electrons. The van der Waals surface area contributed by atoms with Crippen molar-refractivity contribution < 1.29 is 13.7 Å². The molecular weight excluding hydrogens is 486 g/mol. The SMILES string of the molecule is CCP(=O)(CC)c1c(F)cccc1Nc1c(C)cnc2[nH]c(-c3ccc(OC4CCN(C)C4)cc3)cc12. The Bertz CT molecular complexity index is 1460. The van der Waals surface area contributed by atoms with E-state index in [1.165, 1.54) is 6.07 Å². The summed E-state index contributed by atoms with van der Waals surface area (Å²) in [4.78, 5) is 10.3. The molecule has 1 unspecified atom stereocenters. The molecule has 0 aliphatic carbocycles. The van der Waals surface area contributed by atoms with E-state index in [2.05, 4.69) is 33.3 Å². The molecule has 8 heteroatoms. The summed E-state index contributed by atoms with van der Waals surface area (Å²) >= 11 is 0. The number of pyridine rings is 1. The molecule has 1 aliphatic heterocycles. The van der Waals surface area contributed by atoms with Gasteiger partial charge in [0.15, 0.2) is 0 Å². The molecule has 1 atom stereocenters. The molecule has 0 bridgehead atoms. The first-order valence-corrected chi connectivity index (χ1v) is 15.0. The van der Waals surface area contributed by atoms with Crippen LogP contribution in [0.25, 0.3) is 22.3 Å². The first kappa shape index (κ1) is 25.5. The first-order valence-electron chi connectivity index (χ1n) is 12.9. The van der Waals surface area contributed by atoms with Gasteiger partial charge < -0.3 is 24.5 Å². The molecular formula is C29H34FN4O2P. The number of H-pyrrole nitrogens is 1. The van der Waals surface area contributed by atoms with Crippen molar-refractivity contribution in [2.45, 2.75) is 33.3 Å². The smallest absolute Gasteiger partial charge is 0.139 e. The van der Waals surface area contributed by atoms with Crippen molar-refractivity contribution in [3.63, 3.8) is 0 Å². The molecule has 0 amide bonds. The van der Waals surface area contributed by atoms with Gasteiger partial charge in [-0.05, 0) is 74.0 Å². The molecule has 1 aliphatic rings. The van der Waals surface area contributed by atoms with Gasteiger partial charge in [0.25, 0.3) is 0 Å². The van der Waals surface area contributed by atoms with Crippen LogP contribution in [-0.2, 0) is 4.57 Å². The molecule has 37 heavy (non-hydrogen) atoms. The number of likely N-dealkylation sites (N-methyl/N-ethyl adjacent to an activating group) is 1. The van der Waals surface area contributed by atoms with Gasteiger partial charge >= 0.3 is 0 Å². The van der Waals surface area contributed by atoms with Crippen LogP contribution in [-0.4, -0.2) is 53.4 Å². The third kappa shape index (κ3) is 5.03. The van der Waals surface area contributed by atoms with E-state index in [-0.39, 0.29) is 6.10 Å². The van der Waals surface area contributed by atoms with E-state index in [0.717, 1.165) is 58.8 Å². The first-order chi connectivity index (χ1) is 17.8. The number of nitrogens with one attached hydrogen (secondary N) is 2. The number of aromatic nitrogens is 2. The number of hydrogen-bond acceptors (Lipinski definition) is 5. The minimum Gasteiger partial charge on any atom is -0.489 e. The monoisotopic (exact) mass is 520 g/mol. The maximum absolute atomic E-state index is 15.0. The largest absolute Gasteiger partial charge is 0.489 e. The number of fused-ring (bicyclic) bond motifs is 1. The summed E-state index contributed by atoms with van der Waals surface area (Å²) in [5.74, 6) is 0.438. The van der Waals surface area contributed by atoms with Crippen LogP contribution in [0.5, 0.6) is 5.75 Å². The number of nitrogens with zero attached hydrogens (tertiary/aromatic N) is 2. The summed E-state index contributed by atoms with van der Waals surface area (Å²) in [6.45, 7) is 7.69. The lowest BCUT2D eigenvalue weighted by atomic mass is 10.1. The van der Waals surface area contributed by atoms with Gasteiger partial charge in [0.05, 0.1) is 16.7 Å². The van der Waals surface area contributed by atoms with E-state index >= 15 is 0 Å². The second-order valence-electron chi connectivity index (χ2n) is 9.86. The van der Waals surface area contributed by atoms with Gasteiger partial charge in [-0.25, -0.2) is 9.37 Å². The number of anilines is 2. The molecule has 1 fully saturated rings. The Morgan fingerprint density at radius 1 is 1.19 bits per heavy atom. The molecule has 1 saturated heterocycles. The Morgan fingerprint density at radius 3 is 2.62 bits per heavy atom. The fourth-order valence-electron chi connectivity index (χ4n) is 5.10. The van der Waals surface area contributed by atoms with Crippen molar-refractivity contribution >= 4 is 34.9 Å². The van der Waals surface area contributed by atoms with Gasteiger partial charge in [0, 0.05) is 42.7 Å². The number of rotatable bonds is 8. The zero-order valence-electron chi connectivity index (χ0n) is 21.8. The maximum Gasteiger partial charge on any atom is 0.139 e. The van der Waals surface area contributed by atoms with Crippen LogP contribution in [0.2, 0.25) is 0 Å². The third-order valence-electron chi connectivity index (χ3n) is 7.34. The maximum atomic E-state index is 15.0. The van der Waals surface area contributed by atoms with E-state index in [0.29, 0.717) is 23.3 Å². The third-order valence-corrected chi connectivity index (χ3v) is 10.7. The highest BCUT2D eigenvalue weighted by Gasteiger charge is 2.28. The molecule has 0 radical (unpaired) electrons. The zero-order chi connectivity index (χ0) is 26.2. The highest BCUT2D eigenvalue weighted by atomic mass is 31.2. The van der Waals surface area contributed by atoms with Gasteiger partial charge in [-0.2, -0.15) is 0 Å². The summed E-state index contributed by atoms with van der Waals surface area (Å²) in [5.41, 5.74) is 4.96. The molecule has 4 aromatic rings. The Morgan fingerprint density at radius 2 is 1.95 bits per heavy atom. The molecule has 3 heterocycles. The number of aryl methyl sites for hydroxylation is 1. The molecule has 5 rings (SSSR count). The van der Waals surface area contributed by atoms with Crippen LogP contribution < -0.4 is 15.4 Å². The lowest BCUT2D eigenvalue weighted by molar-refractivity contribution is 0.208. The minimum atomic E-state index is -2.86. The Labute approximate surface area is 217 Å². The van der Waals surface area contributed by atoms with E-state index < -0.39 is 13.0 Å². The number of likely N-dealkylation sites (tertiary alicyclic amines) is 1. The van der Waals surface area contributed by atoms with Crippen molar-refractivity contribution in [3.05, 3.63) is 66.1 Å². The average molecular weight is 521 g/mol. The summed E-state index contributed by atoms with van der Waals surface area (Å²) in [6.07, 6.45) is 3.89. The predicted octanol–water partition coefficient (Wildman–Crippen LogP) is 6.53. The second kappa shape index (κ2) is 10.3. The Hall–Kier alpha value is -3.15. The lowest BCUT2D eigenvalue weighted by Crippen LogP contribution is -2.21. The normalized spacial score (nSPS) is 16.4. The molecule has 2 aromatic carbocycles. The summed E-state index contributed by atoms with van der Waals surface area (Å²) in [6, 6.07) is 15.0. The molecule has 0 saturated carbocycles. The van der Waals surface area contributed by atoms with Gasteiger partial charge in [0.2, 0.25) is 0 Å². The number of ether oxygens (including phenoxy) is 1. The minimum absolute atomic E-state index is 0.230. The number of benzene rings is 2. The van der Waals surface area contributed by atoms with E-state index in [1.807, 2.05) is 45.0 Å². The molecule has 2 aromatic heterocycles. The van der Waals surface area contributed by atoms with Gasteiger partial charge in [-0.15, -0.1) is 0 Å². The summed E-state index contributed by atoms with van der Waals surface area (Å²) in [7, 11) is -0.745. The van der Waals surface area contributed by atoms with Gasteiger partial charge in [-0.3, -0.25) is 0 Å². The quantitative estimate of drug-likeness (QED) is 0.259. The highest BCUT2D eigenvalue weighted by Crippen LogP contribution is 2.47. The van der Waals surface area contributed by atoms with Crippen LogP contribution in [0.3, 0.4) is 0 Å². The Kier molecular flexibility index (Phi) is 7.11. The van der Waals surface area contributed by atoms with Crippen molar-refractivity contribution in [2.75, 3.05) is 37.8 Å². The Balaban J connectivity index is 1.47. The van der Waals surface area contributed by atoms with Crippen LogP contribution in [0.1, 0.15) is 25.8 Å². The highest BCUT2D eigenvalue weighted by molar-refractivity contribution is 7.71. The molecule has 6 nitrogen and oxygen atoms in total. The van der Waals surface area contributed by atoms with Crippen LogP contribution >= 0.6 is 7.14 Å². The predicted molar refractivity (Wildman–Crippen MR) is 151 cm³/mol. The average Bonchev–Trinajstić information content (AvgIpc) is 3.52. The van der Waals surface area contributed by atoms with E-state index in [4.69, 9.17) is 4.74 Å². The van der Waals surface area contributed by atoms with Crippen molar-refractivity contribution in [1.29, 1.82) is 0 Å². The van der Waals surface area contributed by atoms with E-state index in [1.54, 1.807) is 18.3 Å². The number of hydrogen-bond donors (Lipinski definition) is 2. The zero-order valence-corrected chi connectivity index (χ0v) is 22.7. The van der Waals surface area contributed by atoms with Crippen molar-refractivity contribution in [2.24, 2.45) is 0 Å². The summed E-state index contributed by atoms with van der Waals surface area (Å²) < 4.78 is 34.7. The number of aromatic amines is 1. The van der Waals surface area contributed by atoms with Crippen LogP contribution in [0, 0.1) is 12.7 Å². The molecule has 2 N–H and O–H groups in total. The van der Waals surface area contributed by atoms with Crippen molar-refractivity contribution in [1.82, 2.24) is 14.9 Å².